The van der Waals surface area contributed by atoms with Crippen LogP contribution in [0.15, 0.2) is 0 Å². The van der Waals surface area contributed by atoms with E-state index in [0.29, 0.717) is 6.47 Å². The predicted molar refractivity (Wildman–Crippen MR) is 26.4 cm³/mol. The zero-order valence-electron chi connectivity index (χ0n) is 3.82. The summed E-state index contributed by atoms with van der Waals surface area (Å²) in [6.07, 6.45) is 0. The van der Waals surface area contributed by atoms with Crippen LogP contribution >= 0.6 is 19.4 Å². The Morgan fingerprint density at radius 1 is 1.57 bits per heavy atom. The summed E-state index contributed by atoms with van der Waals surface area (Å²) in [5.74, 6) is 0. The number of hydrogen-bond acceptors (Lipinski definition) is 1. The van der Waals surface area contributed by atoms with E-state index in [-0.39, 0.29) is 7.43 Å². The van der Waals surface area contributed by atoms with E-state index in [9.17, 15) is 0 Å². The Morgan fingerprint density at radius 3 is 1.57 bits per heavy atom. The minimum atomic E-state index is -0.931. The quantitative estimate of drug-likeness (QED) is 0.470. The van der Waals surface area contributed by atoms with Gasteiger partial charge in [-0.15, -0.1) is 0 Å². The van der Waals surface area contributed by atoms with Gasteiger partial charge in [-0.05, 0) is 0 Å². The summed E-state index contributed by atoms with van der Waals surface area (Å²) >= 11 is -0.931. The van der Waals surface area contributed by atoms with E-state index in [0.717, 1.165) is 0 Å². The average molecular weight is 196 g/mol. The van der Waals surface area contributed by atoms with Crippen molar-refractivity contribution < 1.29 is 25.0 Å². The van der Waals surface area contributed by atoms with Crippen LogP contribution in [-0.2, 0) is 19.9 Å². The van der Waals surface area contributed by atoms with Crippen LogP contribution in [0.3, 0.4) is 0 Å². The van der Waals surface area contributed by atoms with E-state index in [1.807, 2.05) is 0 Å². The van der Waals surface area contributed by atoms with Crippen molar-refractivity contribution in [1.82, 2.24) is 0 Å². The van der Waals surface area contributed by atoms with Crippen molar-refractivity contribution in [3.05, 3.63) is 7.43 Å². The van der Waals surface area contributed by atoms with Crippen LogP contribution in [0.2, 0.25) is 0 Å². The molecule has 7 heavy (non-hydrogen) atoms. The van der Waals surface area contributed by atoms with Gasteiger partial charge in [-0.1, -0.05) is 6.47 Å². The summed E-state index contributed by atoms with van der Waals surface area (Å²) in [5.41, 5.74) is 0. The van der Waals surface area contributed by atoms with E-state index in [1.165, 1.54) is 0 Å². The Kier molecular flexibility index (Phi) is 67.2. The molecule has 0 bridgehead atoms. The van der Waals surface area contributed by atoms with Gasteiger partial charge in [0.05, 0.1) is 0 Å². The Bertz CT molecular complexity index is 27.7. The molecule has 0 radical (unpaired) electrons. The van der Waals surface area contributed by atoms with Gasteiger partial charge in [-0.2, -0.15) is 0 Å². The van der Waals surface area contributed by atoms with Crippen molar-refractivity contribution in [2.45, 2.75) is 0 Å². The van der Waals surface area contributed by atoms with Gasteiger partial charge in [0.25, 0.3) is 0 Å². The molecule has 0 spiro atoms. The Hall–Kier alpha value is 0.673. The Labute approximate surface area is 58.5 Å². The zero-order valence-corrected chi connectivity index (χ0v) is 8.30. The molecule has 0 saturated heterocycles. The molecule has 0 rings (SSSR count). The van der Waals surface area contributed by atoms with Crippen molar-refractivity contribution in [3.63, 3.8) is 0 Å². The second-order valence-corrected chi connectivity index (χ2v) is 4.82. The molecule has 0 amide bonds. The zero-order chi connectivity index (χ0) is 5.41. The van der Waals surface area contributed by atoms with Crippen LogP contribution in [-0.4, -0.2) is 11.6 Å². The normalized spacial score (nSPS) is 3.14. The molecule has 0 aliphatic heterocycles. The van der Waals surface area contributed by atoms with E-state index < -0.39 is 15.1 Å². The van der Waals surface area contributed by atoms with Gasteiger partial charge in [0.1, 0.15) is 0 Å². The Morgan fingerprint density at radius 2 is 1.57 bits per heavy atom. The summed E-state index contributed by atoms with van der Waals surface area (Å²) in [6, 6.07) is 0. The average Bonchev–Trinajstić information content (AvgIpc) is 1.39. The SMILES string of the molecule is O=[C-]O.[CH3-].[Cl][Zn][Cl]. The second kappa shape index (κ2) is 30.1. The number of rotatable bonds is 0. The van der Waals surface area contributed by atoms with Crippen molar-refractivity contribution >= 4 is 25.9 Å². The molecule has 1 N–H and O–H groups in total. The molecule has 0 aromatic carbocycles. The van der Waals surface area contributed by atoms with Gasteiger partial charge in [0.15, 0.2) is 0 Å². The fourth-order valence-corrected chi connectivity index (χ4v) is 0. The second-order valence-electron chi connectivity index (χ2n) is 0.192. The molecule has 0 aliphatic carbocycles. The fourth-order valence-electron chi connectivity index (χ4n) is 0. The monoisotopic (exact) mass is 194 g/mol. The van der Waals surface area contributed by atoms with Crippen LogP contribution in [0.1, 0.15) is 0 Å². The summed E-state index contributed by atoms with van der Waals surface area (Å²) in [6.45, 7) is 0.500. The molecular formula is C2H4Cl2O2Zn-2. The molecule has 42 valence electrons. The molecule has 0 unspecified atom stereocenters. The van der Waals surface area contributed by atoms with Gasteiger partial charge in [0.2, 0.25) is 0 Å². The maximum atomic E-state index is 8.24. The van der Waals surface area contributed by atoms with Crippen molar-refractivity contribution in [1.29, 1.82) is 0 Å². The predicted octanol–water partition coefficient (Wildman–Crippen LogP) is 1.44. The summed E-state index contributed by atoms with van der Waals surface area (Å²) in [5, 5.41) is 6.76. The van der Waals surface area contributed by atoms with Gasteiger partial charge in [-0.25, -0.2) is 0 Å². The Balaban J connectivity index is -0.0000000400. The van der Waals surface area contributed by atoms with E-state index in [2.05, 4.69) is 0 Å². The molecule has 0 heterocycles. The van der Waals surface area contributed by atoms with Crippen molar-refractivity contribution in [2.75, 3.05) is 0 Å². The molecule has 5 heteroatoms. The van der Waals surface area contributed by atoms with E-state index in [1.54, 1.807) is 0 Å². The summed E-state index contributed by atoms with van der Waals surface area (Å²) < 4.78 is 0. The molecule has 0 aromatic rings. The summed E-state index contributed by atoms with van der Waals surface area (Å²) in [4.78, 5) is 8.24. The topological polar surface area (TPSA) is 37.3 Å². The molecular weight excluding hydrogens is 192 g/mol. The number of hydrogen-bond donors (Lipinski definition) is 1. The molecule has 0 aromatic heterocycles. The van der Waals surface area contributed by atoms with Gasteiger partial charge < -0.3 is 17.3 Å². The van der Waals surface area contributed by atoms with Gasteiger partial charge >= 0.3 is 34.5 Å². The molecule has 0 atom stereocenters. The third-order valence-corrected chi connectivity index (χ3v) is 0. The van der Waals surface area contributed by atoms with Crippen LogP contribution in [0.25, 0.3) is 0 Å². The van der Waals surface area contributed by atoms with Crippen LogP contribution in [0, 0.1) is 7.43 Å². The number of halogens is 2. The summed E-state index contributed by atoms with van der Waals surface area (Å²) in [7, 11) is 9.90. The first-order valence-electron chi connectivity index (χ1n) is 0.962. The van der Waals surface area contributed by atoms with Gasteiger partial charge in [0, 0.05) is 0 Å². The van der Waals surface area contributed by atoms with Crippen molar-refractivity contribution in [3.8, 4) is 0 Å². The molecule has 0 fully saturated rings. The van der Waals surface area contributed by atoms with Crippen LogP contribution < -0.4 is 0 Å². The maximum absolute atomic E-state index is 8.24. The van der Waals surface area contributed by atoms with Crippen LogP contribution in [0.4, 0.5) is 0 Å². The van der Waals surface area contributed by atoms with Gasteiger partial charge in [-0.3, -0.25) is 0 Å². The third-order valence-electron chi connectivity index (χ3n) is 0. The first-order chi connectivity index (χ1) is 2.83. The first-order valence-corrected chi connectivity index (χ1v) is 8.76. The standard InChI is InChI=1S/CHO2.CH3.2ClH.Zn/c2-1-3;;;;/h(H,2,3);1H3;2*1H;/q2*-1;;;+2/p-2. The van der Waals surface area contributed by atoms with E-state index >= 15 is 0 Å². The molecule has 2 nitrogen and oxygen atoms in total. The molecule has 0 saturated carbocycles. The third kappa shape index (κ3) is 321. The fraction of sp³-hybridized carbons (Fsp3) is 0. The first kappa shape index (κ1) is 15.6. The van der Waals surface area contributed by atoms with Crippen molar-refractivity contribution in [2.24, 2.45) is 0 Å². The number of aliphatic hydroxyl groups excluding tert-OH is 1. The van der Waals surface area contributed by atoms with E-state index in [4.69, 9.17) is 29.3 Å². The van der Waals surface area contributed by atoms with Crippen LogP contribution in [0.5, 0.6) is 0 Å². The minimum absolute atomic E-state index is 0. The molecule has 0 aliphatic rings.